The van der Waals surface area contributed by atoms with E-state index in [0.717, 1.165) is 25.6 Å². The summed E-state index contributed by atoms with van der Waals surface area (Å²) in [5, 5.41) is 13.5. The Morgan fingerprint density at radius 2 is 1.84 bits per heavy atom. The van der Waals surface area contributed by atoms with E-state index in [2.05, 4.69) is 37.9 Å². The van der Waals surface area contributed by atoms with Gasteiger partial charge in [0.1, 0.15) is 0 Å². The number of aliphatic hydroxyl groups excluding tert-OH is 1. The summed E-state index contributed by atoms with van der Waals surface area (Å²) in [5.41, 5.74) is -0.0587. The van der Waals surface area contributed by atoms with Crippen molar-refractivity contribution in [2.24, 2.45) is 11.8 Å². The molecule has 1 rings (SSSR count). The van der Waals surface area contributed by atoms with Gasteiger partial charge in [0.15, 0.2) is 0 Å². The molecule has 0 saturated heterocycles. The number of aliphatic hydroxyl groups is 1. The minimum absolute atomic E-state index is 0.0587. The van der Waals surface area contributed by atoms with E-state index < -0.39 is 0 Å². The average molecular weight is 270 g/mol. The zero-order valence-electron chi connectivity index (χ0n) is 13.4. The van der Waals surface area contributed by atoms with Crippen LogP contribution in [0.3, 0.4) is 0 Å². The van der Waals surface area contributed by atoms with Gasteiger partial charge in [-0.1, -0.05) is 40.5 Å². The summed E-state index contributed by atoms with van der Waals surface area (Å²) in [6.07, 6.45) is 5.06. The maximum absolute atomic E-state index is 9.92. The van der Waals surface area contributed by atoms with Gasteiger partial charge < -0.3 is 15.3 Å². The first-order valence-corrected chi connectivity index (χ1v) is 8.23. The summed E-state index contributed by atoms with van der Waals surface area (Å²) in [6.45, 7) is 13.4. The van der Waals surface area contributed by atoms with Crippen LogP contribution in [-0.4, -0.2) is 48.3 Å². The smallest absolute Gasteiger partial charge is 0.0628 e. The molecule has 19 heavy (non-hydrogen) atoms. The predicted molar refractivity (Wildman–Crippen MR) is 82.4 cm³/mol. The lowest BCUT2D eigenvalue weighted by Crippen LogP contribution is -2.58. The van der Waals surface area contributed by atoms with Gasteiger partial charge in [0.2, 0.25) is 0 Å². The van der Waals surface area contributed by atoms with Crippen molar-refractivity contribution >= 4 is 0 Å². The third kappa shape index (κ3) is 4.73. The average Bonchev–Trinajstić information content (AvgIpc) is 3.27. The molecule has 1 saturated carbocycles. The maximum Gasteiger partial charge on any atom is 0.0628 e. The standard InChI is InChI=1S/C16H34N2O/c1-5-14(6-2)11-18(8-4)12-16(13-19,17-7-3)15-9-10-15/h14-15,17,19H,5-13H2,1-4H3. The van der Waals surface area contributed by atoms with Crippen LogP contribution in [0.5, 0.6) is 0 Å². The van der Waals surface area contributed by atoms with Crippen LogP contribution < -0.4 is 5.32 Å². The highest BCUT2D eigenvalue weighted by Crippen LogP contribution is 2.40. The molecular weight excluding hydrogens is 236 g/mol. The summed E-state index contributed by atoms with van der Waals surface area (Å²) in [5.74, 6) is 1.46. The number of hydrogen-bond donors (Lipinski definition) is 2. The molecule has 0 amide bonds. The molecule has 0 bridgehead atoms. The Kier molecular flexibility index (Phi) is 7.33. The van der Waals surface area contributed by atoms with Crippen LogP contribution in [0.15, 0.2) is 0 Å². The Morgan fingerprint density at radius 1 is 1.21 bits per heavy atom. The minimum atomic E-state index is -0.0587. The van der Waals surface area contributed by atoms with Gasteiger partial charge in [0, 0.05) is 13.1 Å². The Hall–Kier alpha value is -0.120. The van der Waals surface area contributed by atoms with Gasteiger partial charge in [-0.05, 0) is 37.8 Å². The van der Waals surface area contributed by atoms with Crippen molar-refractivity contribution < 1.29 is 5.11 Å². The van der Waals surface area contributed by atoms with Gasteiger partial charge in [-0.15, -0.1) is 0 Å². The molecule has 114 valence electrons. The van der Waals surface area contributed by atoms with Crippen LogP contribution >= 0.6 is 0 Å². The van der Waals surface area contributed by atoms with Crippen LogP contribution in [0.4, 0.5) is 0 Å². The molecule has 2 N–H and O–H groups in total. The molecule has 1 aliphatic rings. The summed E-state index contributed by atoms with van der Waals surface area (Å²) in [7, 11) is 0. The molecular formula is C16H34N2O. The highest BCUT2D eigenvalue weighted by atomic mass is 16.3. The number of likely N-dealkylation sites (N-methyl/N-ethyl adjacent to an activating group) is 2. The molecule has 0 aromatic carbocycles. The van der Waals surface area contributed by atoms with Crippen molar-refractivity contribution in [3.8, 4) is 0 Å². The van der Waals surface area contributed by atoms with Gasteiger partial charge in [0.05, 0.1) is 12.1 Å². The predicted octanol–water partition coefficient (Wildman–Crippen LogP) is 2.50. The largest absolute Gasteiger partial charge is 0.394 e. The molecule has 0 radical (unpaired) electrons. The summed E-state index contributed by atoms with van der Waals surface area (Å²) in [6, 6.07) is 0. The Morgan fingerprint density at radius 3 is 2.21 bits per heavy atom. The molecule has 1 atom stereocenters. The highest BCUT2D eigenvalue weighted by molar-refractivity contribution is 5.02. The van der Waals surface area contributed by atoms with Crippen molar-refractivity contribution in [3.63, 3.8) is 0 Å². The van der Waals surface area contributed by atoms with Crippen molar-refractivity contribution in [2.45, 2.75) is 58.9 Å². The molecule has 1 fully saturated rings. The second-order valence-corrected chi connectivity index (χ2v) is 6.13. The van der Waals surface area contributed by atoms with E-state index in [9.17, 15) is 5.11 Å². The molecule has 0 aromatic heterocycles. The normalized spacial score (nSPS) is 19.1. The van der Waals surface area contributed by atoms with Crippen molar-refractivity contribution in [1.29, 1.82) is 0 Å². The van der Waals surface area contributed by atoms with E-state index in [0.29, 0.717) is 5.92 Å². The Bertz CT molecular complexity index is 239. The zero-order chi connectivity index (χ0) is 14.3. The fourth-order valence-corrected chi connectivity index (χ4v) is 3.17. The molecule has 0 spiro atoms. The molecule has 3 nitrogen and oxygen atoms in total. The minimum Gasteiger partial charge on any atom is -0.394 e. The first-order chi connectivity index (χ1) is 9.15. The van der Waals surface area contributed by atoms with Gasteiger partial charge in [-0.25, -0.2) is 0 Å². The molecule has 0 aliphatic heterocycles. The number of nitrogens with zero attached hydrogens (tertiary/aromatic N) is 1. The van der Waals surface area contributed by atoms with Crippen LogP contribution in [0.1, 0.15) is 53.4 Å². The summed E-state index contributed by atoms with van der Waals surface area (Å²) < 4.78 is 0. The summed E-state index contributed by atoms with van der Waals surface area (Å²) >= 11 is 0. The molecule has 1 unspecified atom stereocenters. The maximum atomic E-state index is 9.92. The third-order valence-electron chi connectivity index (χ3n) is 4.79. The van der Waals surface area contributed by atoms with E-state index in [1.165, 1.54) is 32.2 Å². The lowest BCUT2D eigenvalue weighted by atomic mass is 9.92. The van der Waals surface area contributed by atoms with Gasteiger partial charge in [-0.3, -0.25) is 0 Å². The van der Waals surface area contributed by atoms with Gasteiger partial charge in [-0.2, -0.15) is 0 Å². The monoisotopic (exact) mass is 270 g/mol. The second-order valence-electron chi connectivity index (χ2n) is 6.13. The molecule has 0 heterocycles. The first-order valence-electron chi connectivity index (χ1n) is 8.23. The SMILES string of the molecule is CCNC(CO)(CN(CC)CC(CC)CC)C1CC1. The van der Waals surface area contributed by atoms with Gasteiger partial charge >= 0.3 is 0 Å². The van der Waals surface area contributed by atoms with E-state index >= 15 is 0 Å². The van der Waals surface area contributed by atoms with Crippen molar-refractivity contribution in [1.82, 2.24) is 10.2 Å². The molecule has 1 aliphatic carbocycles. The van der Waals surface area contributed by atoms with Crippen LogP contribution in [0.25, 0.3) is 0 Å². The van der Waals surface area contributed by atoms with Gasteiger partial charge in [0.25, 0.3) is 0 Å². The quantitative estimate of drug-likeness (QED) is 0.605. The van der Waals surface area contributed by atoms with Crippen LogP contribution in [-0.2, 0) is 0 Å². The summed E-state index contributed by atoms with van der Waals surface area (Å²) in [4.78, 5) is 2.54. The third-order valence-corrected chi connectivity index (χ3v) is 4.79. The molecule has 3 heteroatoms. The fraction of sp³-hybridized carbons (Fsp3) is 1.00. The zero-order valence-corrected chi connectivity index (χ0v) is 13.4. The van der Waals surface area contributed by atoms with Crippen LogP contribution in [0.2, 0.25) is 0 Å². The first kappa shape index (κ1) is 16.9. The van der Waals surface area contributed by atoms with E-state index in [-0.39, 0.29) is 12.1 Å². The van der Waals surface area contributed by atoms with E-state index in [4.69, 9.17) is 0 Å². The van der Waals surface area contributed by atoms with Crippen LogP contribution in [0, 0.1) is 11.8 Å². The number of hydrogen-bond acceptors (Lipinski definition) is 3. The number of rotatable bonds is 11. The Balaban J connectivity index is 2.63. The van der Waals surface area contributed by atoms with Crippen molar-refractivity contribution in [3.05, 3.63) is 0 Å². The second kappa shape index (κ2) is 8.23. The highest BCUT2D eigenvalue weighted by Gasteiger charge is 2.45. The van der Waals surface area contributed by atoms with Crippen molar-refractivity contribution in [2.75, 3.05) is 32.8 Å². The Labute approximate surface area is 119 Å². The van der Waals surface area contributed by atoms with E-state index in [1.807, 2.05) is 0 Å². The lowest BCUT2D eigenvalue weighted by molar-refractivity contribution is 0.0857. The molecule has 0 aromatic rings. The van der Waals surface area contributed by atoms with E-state index in [1.54, 1.807) is 0 Å². The fourth-order valence-electron chi connectivity index (χ4n) is 3.17. The number of nitrogens with one attached hydrogen (secondary N) is 1. The topological polar surface area (TPSA) is 35.5 Å². The lowest BCUT2D eigenvalue weighted by Gasteiger charge is -2.39.